The van der Waals surface area contributed by atoms with Crippen LogP contribution in [0, 0.1) is 0 Å². The zero-order valence-electron chi connectivity index (χ0n) is 12.4. The molecule has 1 aromatic carbocycles. The molecule has 1 heterocycles. The number of nitrogens with zero attached hydrogens (tertiary/aromatic N) is 2. The van der Waals surface area contributed by atoms with Crippen LogP contribution >= 0.6 is 11.3 Å². The van der Waals surface area contributed by atoms with Crippen molar-refractivity contribution in [2.24, 2.45) is 0 Å². The van der Waals surface area contributed by atoms with Crippen molar-refractivity contribution in [3.05, 3.63) is 47.0 Å². The maximum absolute atomic E-state index is 12.1. The highest BCUT2D eigenvalue weighted by Gasteiger charge is 2.17. The second-order valence-electron chi connectivity index (χ2n) is 4.73. The van der Waals surface area contributed by atoms with Crippen molar-refractivity contribution in [2.75, 3.05) is 18.9 Å². The van der Waals surface area contributed by atoms with Gasteiger partial charge < -0.3 is 10.0 Å². The van der Waals surface area contributed by atoms with Crippen LogP contribution in [0.15, 0.2) is 35.7 Å². The molecule has 0 aliphatic rings. The van der Waals surface area contributed by atoms with Gasteiger partial charge in [-0.2, -0.15) is 0 Å². The van der Waals surface area contributed by atoms with E-state index in [4.69, 9.17) is 5.11 Å². The summed E-state index contributed by atoms with van der Waals surface area (Å²) in [6.45, 7) is 0.0946. The summed E-state index contributed by atoms with van der Waals surface area (Å²) in [5, 5.41) is 13.1. The molecule has 2 aromatic rings. The lowest BCUT2D eigenvalue weighted by molar-refractivity contribution is -0.137. The van der Waals surface area contributed by atoms with Crippen molar-refractivity contribution in [2.45, 2.75) is 6.42 Å². The van der Waals surface area contributed by atoms with E-state index in [-0.39, 0.29) is 30.5 Å². The third-order valence-corrected chi connectivity index (χ3v) is 3.75. The lowest BCUT2D eigenvalue weighted by Gasteiger charge is -2.14. The highest BCUT2D eigenvalue weighted by atomic mass is 32.1. The van der Waals surface area contributed by atoms with E-state index in [9.17, 15) is 14.4 Å². The highest BCUT2D eigenvalue weighted by molar-refractivity contribution is 7.14. The number of nitrogens with one attached hydrogen (secondary N) is 1. The number of carboxylic acids is 1. The van der Waals surface area contributed by atoms with Gasteiger partial charge in [0, 0.05) is 24.5 Å². The molecule has 0 fully saturated rings. The van der Waals surface area contributed by atoms with Crippen molar-refractivity contribution in [1.82, 2.24) is 9.88 Å². The normalized spacial score (nSPS) is 10.1. The minimum atomic E-state index is -0.973. The second-order valence-corrected chi connectivity index (χ2v) is 5.59. The van der Waals surface area contributed by atoms with Crippen LogP contribution in [0.3, 0.4) is 0 Å². The third-order valence-electron chi connectivity index (χ3n) is 2.99. The SMILES string of the molecule is CN(CCC(=O)O)C(=O)c1csc(NC(=O)c2ccccc2)n1. The standard InChI is InChI=1S/C15H15N3O4S/c1-18(8-7-12(19)20)14(22)11-9-23-15(16-11)17-13(21)10-5-3-2-4-6-10/h2-6,9H,7-8H2,1H3,(H,19,20)(H,16,17,21). The van der Waals surface area contributed by atoms with Gasteiger partial charge >= 0.3 is 5.97 Å². The van der Waals surface area contributed by atoms with Crippen LogP contribution in [0.4, 0.5) is 5.13 Å². The van der Waals surface area contributed by atoms with Gasteiger partial charge in [-0.15, -0.1) is 11.3 Å². The van der Waals surface area contributed by atoms with Gasteiger partial charge in [0.2, 0.25) is 0 Å². The summed E-state index contributed by atoms with van der Waals surface area (Å²) < 4.78 is 0. The molecular weight excluding hydrogens is 318 g/mol. The van der Waals surface area contributed by atoms with Crippen molar-refractivity contribution in [3.63, 3.8) is 0 Å². The number of hydrogen-bond donors (Lipinski definition) is 2. The monoisotopic (exact) mass is 333 g/mol. The Balaban J connectivity index is 1.99. The van der Waals surface area contributed by atoms with Crippen molar-refractivity contribution >= 4 is 34.3 Å². The summed E-state index contributed by atoms with van der Waals surface area (Å²) in [6.07, 6.45) is -0.135. The number of thiazole rings is 1. The van der Waals surface area contributed by atoms with E-state index in [0.29, 0.717) is 10.7 Å². The van der Waals surface area contributed by atoms with E-state index in [0.717, 1.165) is 11.3 Å². The molecule has 2 amide bonds. The Hall–Kier alpha value is -2.74. The van der Waals surface area contributed by atoms with Crippen LogP contribution in [-0.2, 0) is 4.79 Å². The Bertz CT molecular complexity index is 715. The van der Waals surface area contributed by atoms with Crippen LogP contribution in [0.1, 0.15) is 27.3 Å². The number of hydrogen-bond acceptors (Lipinski definition) is 5. The zero-order valence-corrected chi connectivity index (χ0v) is 13.2. The quantitative estimate of drug-likeness (QED) is 0.841. The molecule has 1 aromatic heterocycles. The van der Waals surface area contributed by atoms with Crippen molar-refractivity contribution in [1.29, 1.82) is 0 Å². The zero-order chi connectivity index (χ0) is 16.8. The first kappa shape index (κ1) is 16.6. The van der Waals surface area contributed by atoms with Crippen molar-refractivity contribution < 1.29 is 19.5 Å². The van der Waals surface area contributed by atoms with Crippen LogP contribution in [0.5, 0.6) is 0 Å². The molecule has 0 atom stereocenters. The van der Waals surface area contributed by atoms with Crippen molar-refractivity contribution in [3.8, 4) is 0 Å². The van der Waals surface area contributed by atoms with E-state index < -0.39 is 5.97 Å². The Labute approximate surface area is 136 Å². The molecule has 0 saturated carbocycles. The number of carbonyl (C=O) groups is 3. The minimum absolute atomic E-state index is 0.0946. The Kier molecular flexibility index (Phi) is 5.42. The van der Waals surface area contributed by atoms with Gasteiger partial charge in [-0.05, 0) is 12.1 Å². The molecule has 2 rings (SSSR count). The first-order valence-electron chi connectivity index (χ1n) is 6.76. The third kappa shape index (κ3) is 4.62. The largest absolute Gasteiger partial charge is 0.481 e. The molecule has 2 N–H and O–H groups in total. The number of rotatable bonds is 6. The summed E-state index contributed by atoms with van der Waals surface area (Å²) in [7, 11) is 1.51. The number of aromatic nitrogens is 1. The molecule has 0 unspecified atom stereocenters. The fraction of sp³-hybridized carbons (Fsp3) is 0.200. The lowest BCUT2D eigenvalue weighted by Crippen LogP contribution is -2.29. The minimum Gasteiger partial charge on any atom is -0.481 e. The number of carboxylic acid groups (broad SMARTS) is 1. The van der Waals surface area contributed by atoms with E-state index in [2.05, 4.69) is 10.3 Å². The number of benzene rings is 1. The Morgan fingerprint density at radius 2 is 1.96 bits per heavy atom. The predicted molar refractivity (Wildman–Crippen MR) is 85.7 cm³/mol. The van der Waals surface area contributed by atoms with E-state index in [1.165, 1.54) is 17.3 Å². The first-order valence-corrected chi connectivity index (χ1v) is 7.64. The van der Waals surface area contributed by atoms with Crippen LogP contribution in [0.2, 0.25) is 0 Å². The van der Waals surface area contributed by atoms with Gasteiger partial charge in [0.05, 0.1) is 6.42 Å². The maximum atomic E-state index is 12.1. The van der Waals surface area contributed by atoms with Gasteiger partial charge in [-0.1, -0.05) is 18.2 Å². The summed E-state index contributed by atoms with van der Waals surface area (Å²) in [5.41, 5.74) is 0.667. The van der Waals surface area contributed by atoms with Gasteiger partial charge in [0.15, 0.2) is 5.13 Å². The summed E-state index contributed by atoms with van der Waals surface area (Å²) in [4.78, 5) is 40.0. The smallest absolute Gasteiger partial charge is 0.305 e. The van der Waals surface area contributed by atoms with Crippen LogP contribution in [-0.4, -0.2) is 46.4 Å². The summed E-state index contributed by atoms with van der Waals surface area (Å²) in [6, 6.07) is 8.67. The Morgan fingerprint density at radius 1 is 1.26 bits per heavy atom. The fourth-order valence-electron chi connectivity index (χ4n) is 1.75. The molecule has 0 aliphatic carbocycles. The molecule has 7 nitrogen and oxygen atoms in total. The average molecular weight is 333 g/mol. The Morgan fingerprint density at radius 3 is 2.61 bits per heavy atom. The van der Waals surface area contributed by atoms with Crippen LogP contribution < -0.4 is 5.32 Å². The van der Waals surface area contributed by atoms with Gasteiger partial charge in [-0.3, -0.25) is 19.7 Å². The van der Waals surface area contributed by atoms with Gasteiger partial charge in [-0.25, -0.2) is 4.98 Å². The molecule has 8 heteroatoms. The highest BCUT2D eigenvalue weighted by Crippen LogP contribution is 2.17. The predicted octanol–water partition coefficient (Wildman–Crippen LogP) is 1.94. The number of anilines is 1. The summed E-state index contributed by atoms with van der Waals surface area (Å²) in [5.74, 6) is -1.67. The molecular formula is C15H15N3O4S. The topological polar surface area (TPSA) is 99.6 Å². The molecule has 23 heavy (non-hydrogen) atoms. The molecule has 0 saturated heterocycles. The number of aliphatic carboxylic acids is 1. The van der Waals surface area contributed by atoms with E-state index in [1.807, 2.05) is 6.07 Å². The second kappa shape index (κ2) is 7.50. The number of amides is 2. The summed E-state index contributed by atoms with van der Waals surface area (Å²) >= 11 is 1.14. The van der Waals surface area contributed by atoms with Gasteiger partial charge in [0.1, 0.15) is 5.69 Å². The molecule has 0 aliphatic heterocycles. The number of carbonyl (C=O) groups excluding carboxylic acids is 2. The molecule has 0 radical (unpaired) electrons. The lowest BCUT2D eigenvalue weighted by atomic mass is 10.2. The molecule has 0 bridgehead atoms. The fourth-order valence-corrected chi connectivity index (χ4v) is 2.43. The first-order chi connectivity index (χ1) is 11.0. The van der Waals surface area contributed by atoms with Gasteiger partial charge in [0.25, 0.3) is 11.8 Å². The molecule has 120 valence electrons. The maximum Gasteiger partial charge on any atom is 0.305 e. The molecule has 0 spiro atoms. The average Bonchev–Trinajstić information content (AvgIpc) is 3.01. The van der Waals surface area contributed by atoms with E-state index >= 15 is 0 Å². The van der Waals surface area contributed by atoms with E-state index in [1.54, 1.807) is 24.3 Å². The van der Waals surface area contributed by atoms with Crippen LogP contribution in [0.25, 0.3) is 0 Å².